The van der Waals surface area contributed by atoms with E-state index in [1.807, 2.05) is 23.1 Å². The van der Waals surface area contributed by atoms with Gasteiger partial charge in [-0.15, -0.1) is 0 Å². The molecule has 24 heavy (non-hydrogen) atoms. The Morgan fingerprint density at radius 1 is 1.21 bits per heavy atom. The molecule has 0 saturated carbocycles. The first-order valence-corrected chi connectivity index (χ1v) is 9.00. The molecule has 1 aromatic carbocycles. The molecule has 3 rings (SSSR count). The molecule has 0 unspecified atom stereocenters. The molecule has 0 radical (unpaired) electrons. The Hall–Kier alpha value is -2.08. The summed E-state index contributed by atoms with van der Waals surface area (Å²) in [5, 5.41) is 0.750. The summed E-state index contributed by atoms with van der Waals surface area (Å²) in [6, 6.07) is 8.23. The van der Waals surface area contributed by atoms with Crippen LogP contribution in [0, 0.1) is 0 Å². The highest BCUT2D eigenvalue weighted by molar-refractivity contribution is 8.18. The first-order chi connectivity index (χ1) is 11.6. The van der Waals surface area contributed by atoms with E-state index < -0.39 is 0 Å². The summed E-state index contributed by atoms with van der Waals surface area (Å²) >= 11 is 1.42. The molecule has 2 aliphatic heterocycles. The highest BCUT2D eigenvalue weighted by Crippen LogP contribution is 2.30. The molecule has 0 spiro atoms. The van der Waals surface area contributed by atoms with E-state index in [1.54, 1.807) is 6.92 Å². The molecule has 0 aliphatic carbocycles. The fourth-order valence-electron chi connectivity index (χ4n) is 2.75. The van der Waals surface area contributed by atoms with E-state index in [-0.39, 0.29) is 11.8 Å². The van der Waals surface area contributed by atoms with Gasteiger partial charge in [0.2, 0.25) is 5.91 Å². The Labute approximate surface area is 146 Å². The number of benzene rings is 1. The number of hydrogen-bond donors (Lipinski definition) is 0. The molecule has 6 heteroatoms. The van der Waals surface area contributed by atoms with Gasteiger partial charge in [0, 0.05) is 33.1 Å². The Morgan fingerprint density at radius 3 is 2.46 bits per heavy atom. The Morgan fingerprint density at radius 2 is 1.88 bits per heavy atom. The van der Waals surface area contributed by atoms with Crippen LogP contribution in [-0.2, 0) is 16.0 Å². The highest BCUT2D eigenvalue weighted by atomic mass is 32.2. The molecular weight excluding hydrogens is 322 g/mol. The third-order valence-electron chi connectivity index (χ3n) is 4.29. The lowest BCUT2D eigenvalue weighted by atomic mass is 10.1. The topological polar surface area (TPSA) is 53.0 Å². The standard InChI is InChI=1S/C18H21N3O2S/c1-3-14-4-6-15(7-5-14)12-16-17(23)19-18(24-16)21-10-8-20(9-11-21)13(2)22/h4-7,12H,3,8-11H2,1-2H3/b16-12+. The molecule has 0 N–H and O–H groups in total. The Balaban J connectivity index is 1.65. The lowest BCUT2D eigenvalue weighted by Crippen LogP contribution is -2.49. The van der Waals surface area contributed by atoms with Crippen molar-refractivity contribution < 1.29 is 9.59 Å². The maximum atomic E-state index is 12.2. The molecule has 0 bridgehead atoms. The van der Waals surface area contributed by atoms with Crippen molar-refractivity contribution in [2.45, 2.75) is 20.3 Å². The summed E-state index contributed by atoms with van der Waals surface area (Å²) in [6.07, 6.45) is 2.90. The van der Waals surface area contributed by atoms with Crippen molar-refractivity contribution in [2.75, 3.05) is 26.2 Å². The molecule has 1 saturated heterocycles. The number of nitrogens with zero attached hydrogens (tertiary/aromatic N) is 3. The molecule has 2 aliphatic rings. The Kier molecular flexibility index (Phi) is 5.04. The van der Waals surface area contributed by atoms with Crippen molar-refractivity contribution in [3.05, 3.63) is 40.3 Å². The molecule has 1 fully saturated rings. The number of hydrogen-bond acceptors (Lipinski definition) is 4. The fourth-order valence-corrected chi connectivity index (χ4v) is 3.71. The number of aliphatic imine (C=N–C) groups is 1. The molecular formula is C18H21N3O2S. The fraction of sp³-hybridized carbons (Fsp3) is 0.389. The zero-order valence-corrected chi connectivity index (χ0v) is 14.8. The number of carbonyl (C=O) groups excluding carboxylic acids is 2. The van der Waals surface area contributed by atoms with E-state index in [0.29, 0.717) is 18.0 Å². The van der Waals surface area contributed by atoms with Gasteiger partial charge in [-0.1, -0.05) is 31.2 Å². The minimum atomic E-state index is -0.177. The summed E-state index contributed by atoms with van der Waals surface area (Å²) in [5.74, 6) is -0.0774. The summed E-state index contributed by atoms with van der Waals surface area (Å²) in [4.78, 5) is 32.3. The van der Waals surface area contributed by atoms with Crippen LogP contribution in [0.15, 0.2) is 34.2 Å². The van der Waals surface area contributed by atoms with Crippen LogP contribution < -0.4 is 0 Å². The number of amidine groups is 1. The van der Waals surface area contributed by atoms with Gasteiger partial charge in [0.25, 0.3) is 5.91 Å². The first kappa shape index (κ1) is 16.8. The third kappa shape index (κ3) is 3.70. The minimum absolute atomic E-state index is 0.0999. The summed E-state index contributed by atoms with van der Waals surface area (Å²) in [5.41, 5.74) is 2.30. The molecule has 0 atom stereocenters. The second-order valence-electron chi connectivity index (χ2n) is 5.90. The molecule has 1 aromatic rings. The lowest BCUT2D eigenvalue weighted by Gasteiger charge is -2.34. The van der Waals surface area contributed by atoms with Gasteiger partial charge in [-0.05, 0) is 35.4 Å². The van der Waals surface area contributed by atoms with Crippen LogP contribution in [0.3, 0.4) is 0 Å². The molecule has 2 heterocycles. The number of amides is 2. The maximum absolute atomic E-state index is 12.2. The van der Waals surface area contributed by atoms with Crippen molar-refractivity contribution in [3.63, 3.8) is 0 Å². The summed E-state index contributed by atoms with van der Waals surface area (Å²) in [7, 11) is 0. The molecule has 5 nitrogen and oxygen atoms in total. The minimum Gasteiger partial charge on any atom is -0.347 e. The quantitative estimate of drug-likeness (QED) is 0.774. The highest BCUT2D eigenvalue weighted by Gasteiger charge is 2.28. The van der Waals surface area contributed by atoms with Gasteiger partial charge in [-0.2, -0.15) is 4.99 Å². The van der Waals surface area contributed by atoms with Gasteiger partial charge in [-0.25, -0.2) is 0 Å². The molecule has 0 aromatic heterocycles. The third-order valence-corrected chi connectivity index (χ3v) is 5.33. The van der Waals surface area contributed by atoms with E-state index in [4.69, 9.17) is 0 Å². The van der Waals surface area contributed by atoms with Gasteiger partial charge in [0.15, 0.2) is 5.17 Å². The van der Waals surface area contributed by atoms with E-state index in [0.717, 1.165) is 30.2 Å². The SMILES string of the molecule is CCc1ccc(/C=C2/SC(N3CCN(C(C)=O)CC3)=NC2=O)cc1. The van der Waals surface area contributed by atoms with Crippen molar-refractivity contribution in [2.24, 2.45) is 4.99 Å². The Bertz CT molecular complexity index is 701. The van der Waals surface area contributed by atoms with Crippen LogP contribution in [0.4, 0.5) is 0 Å². The zero-order valence-electron chi connectivity index (χ0n) is 14.0. The van der Waals surface area contributed by atoms with Crippen LogP contribution in [-0.4, -0.2) is 53.0 Å². The predicted molar refractivity (Wildman–Crippen MR) is 97.7 cm³/mol. The smallest absolute Gasteiger partial charge is 0.286 e. The second kappa shape index (κ2) is 7.21. The van der Waals surface area contributed by atoms with Gasteiger partial charge in [0.1, 0.15) is 0 Å². The van der Waals surface area contributed by atoms with Crippen LogP contribution in [0.5, 0.6) is 0 Å². The first-order valence-electron chi connectivity index (χ1n) is 8.19. The lowest BCUT2D eigenvalue weighted by molar-refractivity contribution is -0.130. The maximum Gasteiger partial charge on any atom is 0.286 e. The van der Waals surface area contributed by atoms with Crippen LogP contribution in [0.2, 0.25) is 0 Å². The van der Waals surface area contributed by atoms with Crippen LogP contribution in [0.1, 0.15) is 25.0 Å². The van der Waals surface area contributed by atoms with Gasteiger partial charge < -0.3 is 9.80 Å². The number of aryl methyl sites for hydroxylation is 1. The van der Waals surface area contributed by atoms with E-state index in [9.17, 15) is 9.59 Å². The zero-order chi connectivity index (χ0) is 17.1. The van der Waals surface area contributed by atoms with Gasteiger partial charge >= 0.3 is 0 Å². The van der Waals surface area contributed by atoms with Crippen LogP contribution in [0.25, 0.3) is 6.08 Å². The normalized spacial score (nSPS) is 19.8. The average Bonchev–Trinajstić information content (AvgIpc) is 2.96. The number of thioether (sulfide) groups is 1. The summed E-state index contributed by atoms with van der Waals surface area (Å²) in [6.45, 7) is 6.51. The average molecular weight is 343 g/mol. The van der Waals surface area contributed by atoms with Crippen molar-refractivity contribution in [3.8, 4) is 0 Å². The van der Waals surface area contributed by atoms with Gasteiger partial charge in [-0.3, -0.25) is 9.59 Å². The molecule has 2 amide bonds. The van der Waals surface area contributed by atoms with Crippen molar-refractivity contribution in [1.29, 1.82) is 0 Å². The second-order valence-corrected chi connectivity index (χ2v) is 6.91. The van der Waals surface area contributed by atoms with Crippen molar-refractivity contribution in [1.82, 2.24) is 9.80 Å². The van der Waals surface area contributed by atoms with E-state index in [2.05, 4.69) is 28.9 Å². The van der Waals surface area contributed by atoms with E-state index >= 15 is 0 Å². The monoisotopic (exact) mass is 343 g/mol. The van der Waals surface area contributed by atoms with Gasteiger partial charge in [0.05, 0.1) is 4.91 Å². The van der Waals surface area contributed by atoms with Crippen molar-refractivity contribution >= 4 is 34.8 Å². The van der Waals surface area contributed by atoms with E-state index in [1.165, 1.54) is 17.3 Å². The number of piperazine rings is 1. The predicted octanol–water partition coefficient (Wildman–Crippen LogP) is 2.38. The largest absolute Gasteiger partial charge is 0.347 e. The molecule has 126 valence electrons. The number of carbonyl (C=O) groups is 2. The van der Waals surface area contributed by atoms with Crippen LogP contribution >= 0.6 is 11.8 Å². The summed E-state index contributed by atoms with van der Waals surface area (Å²) < 4.78 is 0. The number of rotatable bonds is 2.